The summed E-state index contributed by atoms with van der Waals surface area (Å²) in [5, 5.41) is 0.377. The van der Waals surface area contributed by atoms with Crippen molar-refractivity contribution in [1.82, 2.24) is 9.66 Å². The Bertz CT molecular complexity index is 1030. The Morgan fingerprint density at radius 2 is 2.12 bits per heavy atom. The molecule has 0 amide bonds. The predicted octanol–water partition coefficient (Wildman–Crippen LogP) is 1.12. The van der Waals surface area contributed by atoms with E-state index in [1.807, 2.05) is 12.1 Å². The average molecular weight is 365 g/mol. The van der Waals surface area contributed by atoms with E-state index >= 15 is 0 Å². The number of fused-ring (bicyclic) bond motifs is 1. The van der Waals surface area contributed by atoms with E-state index in [1.54, 1.807) is 0 Å². The average Bonchev–Trinajstić information content (AvgIpc) is 3.03. The van der Waals surface area contributed by atoms with Crippen molar-refractivity contribution in [3.8, 4) is 0 Å². The highest BCUT2D eigenvalue weighted by atomic mass is 32.2. The lowest BCUT2D eigenvalue weighted by Crippen LogP contribution is -2.43. The van der Waals surface area contributed by atoms with Crippen molar-refractivity contribution < 1.29 is 8.95 Å². The summed E-state index contributed by atoms with van der Waals surface area (Å²) in [5.41, 5.74) is 1.45. The van der Waals surface area contributed by atoms with Gasteiger partial charge in [-0.1, -0.05) is 13.8 Å². The monoisotopic (exact) mass is 365 g/mol. The fourth-order valence-electron chi connectivity index (χ4n) is 3.21. The normalized spacial score (nSPS) is 20.1. The summed E-state index contributed by atoms with van der Waals surface area (Å²) in [4.78, 5) is 30.1. The van der Waals surface area contributed by atoms with Crippen LogP contribution >= 0.6 is 0 Å². The molecular formula is C17H23N3O4S. The Balaban J connectivity index is 2.28. The summed E-state index contributed by atoms with van der Waals surface area (Å²) >= 11 is 0. The summed E-state index contributed by atoms with van der Waals surface area (Å²) in [6.07, 6.45) is 2.23. The molecule has 25 heavy (non-hydrogen) atoms. The van der Waals surface area contributed by atoms with Crippen LogP contribution in [-0.4, -0.2) is 39.2 Å². The van der Waals surface area contributed by atoms with E-state index in [0.29, 0.717) is 24.1 Å². The molecule has 1 aromatic heterocycles. The SMILES string of the molecule is C=S(C)(=O)Nn1c(=O)[nH]c2cc(C(C)C)c(C3CCOC3)cc2c1=O. The zero-order valence-electron chi connectivity index (χ0n) is 14.6. The molecule has 1 aromatic carbocycles. The van der Waals surface area contributed by atoms with Crippen LogP contribution < -0.4 is 16.1 Å². The highest BCUT2D eigenvalue weighted by Gasteiger charge is 2.23. The Labute approximate surface area is 146 Å². The number of H-pyrrole nitrogens is 1. The number of hydrogen-bond donors (Lipinski definition) is 2. The van der Waals surface area contributed by atoms with Gasteiger partial charge in [-0.15, -0.1) is 0 Å². The van der Waals surface area contributed by atoms with Gasteiger partial charge in [-0.3, -0.25) is 4.79 Å². The predicted molar refractivity (Wildman–Crippen MR) is 102 cm³/mol. The highest BCUT2D eigenvalue weighted by Crippen LogP contribution is 2.33. The molecule has 0 spiro atoms. The van der Waals surface area contributed by atoms with Crippen molar-refractivity contribution >= 4 is 26.5 Å². The summed E-state index contributed by atoms with van der Waals surface area (Å²) in [6, 6.07) is 3.70. The second kappa shape index (κ2) is 6.34. The van der Waals surface area contributed by atoms with Gasteiger partial charge in [-0.2, -0.15) is 4.68 Å². The van der Waals surface area contributed by atoms with Crippen molar-refractivity contribution in [1.29, 1.82) is 0 Å². The number of nitrogens with one attached hydrogen (secondary N) is 2. The quantitative estimate of drug-likeness (QED) is 0.794. The maximum atomic E-state index is 12.8. The van der Waals surface area contributed by atoms with Gasteiger partial charge in [-0.05, 0) is 41.5 Å². The molecule has 1 saturated heterocycles. The third kappa shape index (κ3) is 3.50. The highest BCUT2D eigenvalue weighted by molar-refractivity contribution is 8.00. The molecule has 2 atom stereocenters. The zero-order valence-corrected chi connectivity index (χ0v) is 15.4. The van der Waals surface area contributed by atoms with E-state index < -0.39 is 21.0 Å². The van der Waals surface area contributed by atoms with Gasteiger partial charge in [0.05, 0.1) is 27.2 Å². The van der Waals surface area contributed by atoms with Gasteiger partial charge in [0.15, 0.2) is 0 Å². The van der Waals surface area contributed by atoms with Gasteiger partial charge >= 0.3 is 5.69 Å². The first-order valence-corrected chi connectivity index (χ1v) is 10.3. The molecular weight excluding hydrogens is 342 g/mol. The van der Waals surface area contributed by atoms with Crippen LogP contribution in [0.15, 0.2) is 21.7 Å². The van der Waals surface area contributed by atoms with Crippen LogP contribution in [-0.2, 0) is 14.4 Å². The van der Waals surface area contributed by atoms with Crippen molar-refractivity contribution in [2.24, 2.45) is 0 Å². The molecule has 2 aromatic rings. The van der Waals surface area contributed by atoms with Gasteiger partial charge in [0, 0.05) is 18.8 Å². The maximum Gasteiger partial charge on any atom is 0.348 e. The van der Waals surface area contributed by atoms with Crippen LogP contribution in [0.1, 0.15) is 43.2 Å². The Hall–Kier alpha value is -2.06. The number of benzene rings is 1. The molecule has 0 radical (unpaired) electrons. The van der Waals surface area contributed by atoms with E-state index in [9.17, 15) is 13.8 Å². The molecule has 2 N–H and O–H groups in total. The number of ether oxygens (including phenoxy) is 1. The van der Waals surface area contributed by atoms with E-state index in [-0.39, 0.29) is 11.8 Å². The lowest BCUT2D eigenvalue weighted by Gasteiger charge is -2.19. The van der Waals surface area contributed by atoms with Gasteiger partial charge in [-0.25, -0.2) is 13.8 Å². The largest absolute Gasteiger partial charge is 0.381 e. The van der Waals surface area contributed by atoms with Crippen LogP contribution in [0.5, 0.6) is 0 Å². The first-order chi connectivity index (χ1) is 11.7. The topological polar surface area (TPSA) is 93.2 Å². The van der Waals surface area contributed by atoms with Crippen molar-refractivity contribution in [3.63, 3.8) is 0 Å². The second-order valence-corrected chi connectivity index (χ2v) is 9.10. The van der Waals surface area contributed by atoms with Gasteiger partial charge in [0.25, 0.3) is 5.56 Å². The van der Waals surface area contributed by atoms with Gasteiger partial charge < -0.3 is 9.72 Å². The smallest absolute Gasteiger partial charge is 0.348 e. The molecule has 7 nitrogen and oxygen atoms in total. The first-order valence-electron chi connectivity index (χ1n) is 8.18. The Morgan fingerprint density at radius 1 is 1.40 bits per heavy atom. The van der Waals surface area contributed by atoms with E-state index in [4.69, 9.17) is 4.74 Å². The molecule has 2 unspecified atom stereocenters. The summed E-state index contributed by atoms with van der Waals surface area (Å²) in [7, 11) is -2.77. The standard InChI is InChI=1S/C17H23N3O4S/c1-10(2)12-8-15-14(7-13(12)11-5-6-24-9-11)16(21)20(17(22)18-15)19-25(3,4)23/h7-8,10-11H,3,5-6,9H2,1-2,4H3,(H,18,22)(H,19,23). The fourth-order valence-corrected chi connectivity index (χ4v) is 3.76. The molecule has 0 aliphatic carbocycles. The Morgan fingerprint density at radius 3 is 2.68 bits per heavy atom. The molecule has 1 aliphatic rings. The third-order valence-electron chi connectivity index (χ3n) is 4.38. The summed E-state index contributed by atoms with van der Waals surface area (Å²) < 4.78 is 18.1. The Kier molecular flexibility index (Phi) is 4.51. The summed E-state index contributed by atoms with van der Waals surface area (Å²) in [5.74, 6) is 3.92. The molecule has 136 valence electrons. The number of aromatic amines is 1. The number of nitrogens with zero attached hydrogens (tertiary/aromatic N) is 1. The number of rotatable bonds is 4. The first kappa shape index (κ1) is 17.8. The molecule has 0 saturated carbocycles. The third-order valence-corrected chi connectivity index (χ3v) is 4.95. The van der Waals surface area contributed by atoms with Crippen LogP contribution in [0.2, 0.25) is 0 Å². The second-order valence-electron chi connectivity index (χ2n) is 6.91. The fraction of sp³-hybridized carbons (Fsp3) is 0.471. The van der Waals surface area contributed by atoms with Crippen LogP contribution in [0.3, 0.4) is 0 Å². The molecule has 2 heterocycles. The number of aromatic nitrogens is 2. The molecule has 1 fully saturated rings. The van der Waals surface area contributed by atoms with Gasteiger partial charge in [0.1, 0.15) is 0 Å². The molecule has 1 aliphatic heterocycles. The van der Waals surface area contributed by atoms with Crippen molar-refractivity contribution in [3.05, 3.63) is 44.1 Å². The minimum atomic E-state index is -2.77. The minimum absolute atomic E-state index is 0.234. The molecule has 3 rings (SSSR count). The lowest BCUT2D eigenvalue weighted by molar-refractivity contribution is 0.194. The summed E-state index contributed by atoms with van der Waals surface area (Å²) in [6.45, 7) is 5.49. The maximum absolute atomic E-state index is 12.8. The molecule has 0 bridgehead atoms. The van der Waals surface area contributed by atoms with Crippen molar-refractivity contribution in [2.75, 3.05) is 24.3 Å². The van der Waals surface area contributed by atoms with E-state index in [1.165, 1.54) is 6.26 Å². The van der Waals surface area contributed by atoms with E-state index in [0.717, 1.165) is 22.2 Å². The number of hydrogen-bond acceptors (Lipinski definition) is 4. The lowest BCUT2D eigenvalue weighted by atomic mass is 9.87. The van der Waals surface area contributed by atoms with Crippen LogP contribution in [0.4, 0.5) is 0 Å². The van der Waals surface area contributed by atoms with E-state index in [2.05, 4.69) is 29.5 Å². The van der Waals surface area contributed by atoms with Crippen molar-refractivity contribution in [2.45, 2.75) is 32.1 Å². The van der Waals surface area contributed by atoms with Gasteiger partial charge in [0.2, 0.25) is 0 Å². The molecule has 8 heteroatoms. The minimum Gasteiger partial charge on any atom is -0.381 e. The van der Waals surface area contributed by atoms with Crippen LogP contribution in [0, 0.1) is 0 Å². The van der Waals surface area contributed by atoms with Crippen LogP contribution in [0.25, 0.3) is 10.9 Å². The zero-order chi connectivity index (χ0) is 18.4.